The summed E-state index contributed by atoms with van der Waals surface area (Å²) in [7, 11) is 3.37. The molecular formula is C17H21NO2S. The van der Waals surface area contributed by atoms with Crippen molar-refractivity contribution in [3.05, 3.63) is 34.0 Å². The molecule has 3 rings (SSSR count). The highest BCUT2D eigenvalue weighted by Crippen LogP contribution is 2.37. The fourth-order valence-electron chi connectivity index (χ4n) is 2.46. The van der Waals surface area contributed by atoms with Gasteiger partial charge in [-0.05, 0) is 60.0 Å². The predicted octanol–water partition coefficient (Wildman–Crippen LogP) is 3.99. The van der Waals surface area contributed by atoms with Crippen LogP contribution in [0.4, 0.5) is 0 Å². The van der Waals surface area contributed by atoms with Gasteiger partial charge in [-0.25, -0.2) is 0 Å². The second-order valence-electron chi connectivity index (χ2n) is 5.47. The van der Waals surface area contributed by atoms with E-state index in [1.807, 2.05) is 0 Å². The highest BCUT2D eigenvalue weighted by molar-refractivity contribution is 7.10. The van der Waals surface area contributed by atoms with Crippen molar-refractivity contribution in [3.8, 4) is 22.6 Å². The first-order valence-corrected chi connectivity index (χ1v) is 8.13. The summed E-state index contributed by atoms with van der Waals surface area (Å²) in [5, 5.41) is 5.79. The van der Waals surface area contributed by atoms with E-state index in [1.54, 1.807) is 25.6 Å². The molecule has 0 amide bonds. The lowest BCUT2D eigenvalue weighted by molar-refractivity contribution is 0.354. The highest BCUT2D eigenvalue weighted by atomic mass is 32.1. The molecule has 1 aromatic carbocycles. The fraction of sp³-hybridized carbons (Fsp3) is 0.412. The molecule has 1 aromatic heterocycles. The number of aryl methyl sites for hydroxylation is 1. The molecule has 1 aliphatic rings. The van der Waals surface area contributed by atoms with Crippen LogP contribution in [0.15, 0.2) is 23.6 Å². The summed E-state index contributed by atoms with van der Waals surface area (Å²) in [5.41, 5.74) is 3.74. The van der Waals surface area contributed by atoms with Gasteiger partial charge in [0, 0.05) is 17.5 Å². The Labute approximate surface area is 129 Å². The Hall–Kier alpha value is -1.52. The second kappa shape index (κ2) is 6.08. The molecule has 1 N–H and O–H groups in total. The molecule has 1 fully saturated rings. The van der Waals surface area contributed by atoms with E-state index in [4.69, 9.17) is 9.47 Å². The molecule has 1 saturated carbocycles. The van der Waals surface area contributed by atoms with E-state index in [-0.39, 0.29) is 0 Å². The van der Waals surface area contributed by atoms with E-state index in [0.717, 1.165) is 18.0 Å². The first kappa shape index (κ1) is 14.4. The van der Waals surface area contributed by atoms with E-state index in [0.29, 0.717) is 6.04 Å². The maximum atomic E-state index is 5.46. The minimum Gasteiger partial charge on any atom is -0.493 e. The van der Waals surface area contributed by atoms with Gasteiger partial charge < -0.3 is 14.8 Å². The Morgan fingerprint density at radius 1 is 1.14 bits per heavy atom. The minimum atomic E-state index is 0.690. The Balaban J connectivity index is 2.00. The van der Waals surface area contributed by atoms with Gasteiger partial charge in [0.15, 0.2) is 11.5 Å². The maximum absolute atomic E-state index is 5.46. The summed E-state index contributed by atoms with van der Waals surface area (Å²) in [6.45, 7) is 3.01. The molecule has 3 nitrogen and oxygen atoms in total. The number of rotatable bonds is 6. The molecule has 0 radical (unpaired) electrons. The molecule has 112 valence electrons. The quantitative estimate of drug-likeness (QED) is 0.875. The summed E-state index contributed by atoms with van der Waals surface area (Å²) < 4.78 is 10.9. The highest BCUT2D eigenvalue weighted by Gasteiger charge is 2.21. The zero-order valence-electron chi connectivity index (χ0n) is 12.7. The zero-order chi connectivity index (χ0) is 14.8. The van der Waals surface area contributed by atoms with Crippen LogP contribution >= 0.6 is 11.3 Å². The third-order valence-electron chi connectivity index (χ3n) is 3.81. The monoisotopic (exact) mass is 303 g/mol. The molecule has 1 aliphatic carbocycles. The molecule has 21 heavy (non-hydrogen) atoms. The van der Waals surface area contributed by atoms with Crippen molar-refractivity contribution in [3.63, 3.8) is 0 Å². The smallest absolute Gasteiger partial charge is 0.161 e. The van der Waals surface area contributed by atoms with Crippen molar-refractivity contribution in [2.75, 3.05) is 14.2 Å². The van der Waals surface area contributed by atoms with Crippen molar-refractivity contribution in [2.24, 2.45) is 0 Å². The number of thiophene rings is 1. The van der Waals surface area contributed by atoms with Gasteiger partial charge in [0.1, 0.15) is 0 Å². The van der Waals surface area contributed by atoms with Crippen LogP contribution in [0.2, 0.25) is 0 Å². The Bertz CT molecular complexity index is 632. The molecule has 2 aromatic rings. The van der Waals surface area contributed by atoms with E-state index >= 15 is 0 Å². The maximum Gasteiger partial charge on any atom is 0.161 e. The number of hydrogen-bond donors (Lipinski definition) is 1. The Morgan fingerprint density at radius 3 is 2.43 bits per heavy atom. The molecule has 0 bridgehead atoms. The van der Waals surface area contributed by atoms with Gasteiger partial charge in [-0.3, -0.25) is 0 Å². The summed E-state index contributed by atoms with van der Waals surface area (Å²) >= 11 is 1.78. The molecule has 0 aliphatic heterocycles. The van der Waals surface area contributed by atoms with Gasteiger partial charge in [0.25, 0.3) is 0 Å². The molecular weight excluding hydrogens is 282 g/mol. The third kappa shape index (κ3) is 3.22. The van der Waals surface area contributed by atoms with Crippen LogP contribution in [0.25, 0.3) is 11.1 Å². The molecule has 0 saturated heterocycles. The van der Waals surface area contributed by atoms with E-state index < -0.39 is 0 Å². The first-order valence-electron chi connectivity index (χ1n) is 7.25. The first-order chi connectivity index (χ1) is 10.2. The van der Waals surface area contributed by atoms with Crippen molar-refractivity contribution in [1.29, 1.82) is 0 Å². The normalized spacial score (nSPS) is 14.2. The van der Waals surface area contributed by atoms with Crippen LogP contribution in [-0.4, -0.2) is 20.3 Å². The second-order valence-corrected chi connectivity index (χ2v) is 6.58. The summed E-state index contributed by atoms with van der Waals surface area (Å²) in [6.07, 6.45) is 2.58. The van der Waals surface area contributed by atoms with Crippen LogP contribution in [0.3, 0.4) is 0 Å². The largest absolute Gasteiger partial charge is 0.493 e. The topological polar surface area (TPSA) is 30.5 Å². The summed E-state index contributed by atoms with van der Waals surface area (Å²) in [6, 6.07) is 7.10. The van der Waals surface area contributed by atoms with Crippen LogP contribution in [-0.2, 0) is 6.54 Å². The van der Waals surface area contributed by atoms with Crippen LogP contribution in [0.1, 0.15) is 23.3 Å². The van der Waals surface area contributed by atoms with Gasteiger partial charge in [-0.2, -0.15) is 0 Å². The summed E-state index contributed by atoms with van der Waals surface area (Å²) in [5.74, 6) is 1.58. The Kier molecular flexibility index (Phi) is 4.17. The average molecular weight is 303 g/mol. The van der Waals surface area contributed by atoms with E-state index in [9.17, 15) is 0 Å². The van der Waals surface area contributed by atoms with Gasteiger partial charge in [0.2, 0.25) is 0 Å². The number of methoxy groups -OCH3 is 2. The lowest BCUT2D eigenvalue weighted by atomic mass is 10.0. The van der Waals surface area contributed by atoms with Crippen LogP contribution in [0, 0.1) is 6.92 Å². The lowest BCUT2D eigenvalue weighted by Crippen LogP contribution is -2.16. The standard InChI is InChI=1S/C17H21NO2S/c1-11-6-13(10-21-11)15-8-17(20-3)16(19-2)7-12(15)9-18-14-4-5-14/h6-8,10,14,18H,4-5,9H2,1-3H3. The van der Waals surface area contributed by atoms with Gasteiger partial charge in [-0.15, -0.1) is 11.3 Å². The van der Waals surface area contributed by atoms with E-state index in [2.05, 4.69) is 35.8 Å². The van der Waals surface area contributed by atoms with Crippen molar-refractivity contribution in [1.82, 2.24) is 5.32 Å². The SMILES string of the molecule is COc1cc(CNC2CC2)c(-c2csc(C)c2)cc1OC. The molecule has 0 unspecified atom stereocenters. The molecule has 0 atom stereocenters. The third-order valence-corrected chi connectivity index (χ3v) is 4.67. The number of nitrogens with one attached hydrogen (secondary N) is 1. The minimum absolute atomic E-state index is 0.690. The van der Waals surface area contributed by atoms with Gasteiger partial charge in [0.05, 0.1) is 14.2 Å². The fourth-order valence-corrected chi connectivity index (χ4v) is 3.17. The van der Waals surface area contributed by atoms with Crippen molar-refractivity contribution in [2.45, 2.75) is 32.4 Å². The molecule has 0 spiro atoms. The molecule has 1 heterocycles. The average Bonchev–Trinajstić information content (AvgIpc) is 3.24. The number of hydrogen-bond acceptors (Lipinski definition) is 4. The number of benzene rings is 1. The van der Waals surface area contributed by atoms with Gasteiger partial charge >= 0.3 is 0 Å². The van der Waals surface area contributed by atoms with Crippen molar-refractivity contribution >= 4 is 11.3 Å². The van der Waals surface area contributed by atoms with Crippen LogP contribution in [0.5, 0.6) is 11.5 Å². The number of ether oxygens (including phenoxy) is 2. The van der Waals surface area contributed by atoms with Gasteiger partial charge in [-0.1, -0.05) is 0 Å². The summed E-state index contributed by atoms with van der Waals surface area (Å²) in [4.78, 5) is 1.32. The lowest BCUT2D eigenvalue weighted by Gasteiger charge is -2.15. The van der Waals surface area contributed by atoms with Crippen molar-refractivity contribution < 1.29 is 9.47 Å². The van der Waals surface area contributed by atoms with E-state index in [1.165, 1.54) is 34.4 Å². The molecule has 4 heteroatoms. The Morgan fingerprint density at radius 2 is 1.86 bits per heavy atom. The zero-order valence-corrected chi connectivity index (χ0v) is 13.5. The predicted molar refractivity (Wildman–Crippen MR) is 87.5 cm³/mol. The van der Waals surface area contributed by atoms with Crippen LogP contribution < -0.4 is 14.8 Å².